The molecular weight excluding hydrogens is 380 g/mol. The summed E-state index contributed by atoms with van der Waals surface area (Å²) in [6.45, 7) is 4.19. The van der Waals surface area contributed by atoms with Crippen molar-refractivity contribution in [1.29, 1.82) is 0 Å². The standard InChI is InChI=1S/C14H18Cl2NO6P/c1-4-9(2)23-24(19,20)10(3)17-22-14(18)8-21-13-6-5-11(15)7-12(13)16/h5-7,9H,4,8H2,1-3H3,(H,19,20). The van der Waals surface area contributed by atoms with Crippen molar-refractivity contribution in [2.75, 3.05) is 6.61 Å². The molecule has 0 aromatic heterocycles. The summed E-state index contributed by atoms with van der Waals surface area (Å²) in [7, 11) is -4.11. The molecule has 0 saturated carbocycles. The number of nitrogens with zero attached hydrogens (tertiary/aromatic N) is 1. The van der Waals surface area contributed by atoms with Gasteiger partial charge in [-0.1, -0.05) is 35.3 Å². The van der Waals surface area contributed by atoms with E-state index < -0.39 is 26.3 Å². The van der Waals surface area contributed by atoms with E-state index in [0.717, 1.165) is 0 Å². The average molecular weight is 398 g/mol. The first-order valence-electron chi connectivity index (χ1n) is 6.99. The quantitative estimate of drug-likeness (QED) is 0.305. The topological polar surface area (TPSA) is 94.4 Å². The molecule has 1 rings (SSSR count). The van der Waals surface area contributed by atoms with Gasteiger partial charge in [-0.25, -0.2) is 4.79 Å². The summed E-state index contributed by atoms with van der Waals surface area (Å²) >= 11 is 11.6. The Bertz CT molecular complexity index is 667. The Hall–Kier alpha value is -1.11. The first-order chi connectivity index (χ1) is 11.2. The second-order valence-corrected chi connectivity index (χ2v) is 7.55. The maximum atomic E-state index is 11.9. The van der Waals surface area contributed by atoms with E-state index in [4.69, 9.17) is 32.5 Å². The van der Waals surface area contributed by atoms with Gasteiger partial charge in [0.15, 0.2) is 12.1 Å². The fraction of sp³-hybridized carbons (Fsp3) is 0.429. The van der Waals surface area contributed by atoms with Gasteiger partial charge < -0.3 is 19.0 Å². The Balaban J connectivity index is 2.56. The van der Waals surface area contributed by atoms with E-state index in [-0.39, 0.29) is 16.2 Å². The van der Waals surface area contributed by atoms with Crippen molar-refractivity contribution in [3.8, 4) is 5.75 Å². The van der Waals surface area contributed by atoms with Gasteiger partial charge in [-0.3, -0.25) is 4.57 Å². The van der Waals surface area contributed by atoms with Crippen LogP contribution in [0.5, 0.6) is 5.75 Å². The molecule has 0 bridgehead atoms. The van der Waals surface area contributed by atoms with Crippen LogP contribution in [0.2, 0.25) is 10.0 Å². The molecule has 0 aliphatic rings. The van der Waals surface area contributed by atoms with Crippen LogP contribution in [-0.4, -0.2) is 29.0 Å². The van der Waals surface area contributed by atoms with Crippen molar-refractivity contribution < 1.29 is 28.4 Å². The largest absolute Gasteiger partial charge is 0.480 e. The number of carbonyl (C=O) groups excluding carboxylic acids is 1. The highest BCUT2D eigenvalue weighted by Gasteiger charge is 2.27. The Kier molecular flexibility index (Phi) is 8.19. The third-order valence-corrected chi connectivity index (χ3v) is 4.90. The highest BCUT2D eigenvalue weighted by molar-refractivity contribution is 7.71. The Morgan fingerprint density at radius 3 is 2.67 bits per heavy atom. The van der Waals surface area contributed by atoms with E-state index in [1.807, 2.05) is 0 Å². The van der Waals surface area contributed by atoms with Crippen molar-refractivity contribution in [3.63, 3.8) is 0 Å². The van der Waals surface area contributed by atoms with Gasteiger partial charge in [-0.05, 0) is 38.5 Å². The van der Waals surface area contributed by atoms with Gasteiger partial charge >= 0.3 is 13.6 Å². The van der Waals surface area contributed by atoms with Crippen LogP contribution < -0.4 is 4.74 Å². The number of hydrogen-bond acceptors (Lipinski definition) is 6. The van der Waals surface area contributed by atoms with Crippen molar-refractivity contribution in [3.05, 3.63) is 28.2 Å². The fourth-order valence-electron chi connectivity index (χ4n) is 1.32. The van der Waals surface area contributed by atoms with Gasteiger partial charge in [0.25, 0.3) is 0 Å². The maximum absolute atomic E-state index is 11.9. The van der Waals surface area contributed by atoms with Gasteiger partial charge in [0.05, 0.1) is 11.1 Å². The molecule has 7 nitrogen and oxygen atoms in total. The molecule has 0 spiro atoms. The van der Waals surface area contributed by atoms with Gasteiger partial charge in [0, 0.05) is 5.02 Å². The fourth-order valence-corrected chi connectivity index (χ4v) is 2.72. The van der Waals surface area contributed by atoms with Crippen molar-refractivity contribution in [2.24, 2.45) is 5.16 Å². The summed E-state index contributed by atoms with van der Waals surface area (Å²) in [5, 5.41) is 3.99. The number of carbonyl (C=O) groups is 1. The summed E-state index contributed by atoms with van der Waals surface area (Å²) in [6.07, 6.45) is 0.116. The zero-order valence-electron chi connectivity index (χ0n) is 13.4. The zero-order valence-corrected chi connectivity index (χ0v) is 15.8. The number of rotatable bonds is 8. The molecule has 0 radical (unpaired) electrons. The second-order valence-electron chi connectivity index (χ2n) is 4.81. The lowest BCUT2D eigenvalue weighted by Crippen LogP contribution is -2.14. The van der Waals surface area contributed by atoms with Crippen LogP contribution in [0.4, 0.5) is 0 Å². The molecule has 134 valence electrons. The predicted octanol–water partition coefficient (Wildman–Crippen LogP) is 4.25. The van der Waals surface area contributed by atoms with Gasteiger partial charge in [-0.2, -0.15) is 0 Å². The first-order valence-corrected chi connectivity index (χ1v) is 9.33. The third kappa shape index (κ3) is 6.79. The minimum atomic E-state index is -4.11. The molecule has 2 unspecified atom stereocenters. The molecule has 0 fully saturated rings. The molecule has 0 saturated heterocycles. The van der Waals surface area contributed by atoms with Gasteiger partial charge in [0.2, 0.25) is 0 Å². The van der Waals surface area contributed by atoms with E-state index in [2.05, 4.69) is 9.99 Å². The number of oxime groups is 1. The minimum Gasteiger partial charge on any atom is -0.480 e. The van der Waals surface area contributed by atoms with Crippen molar-refractivity contribution in [2.45, 2.75) is 33.3 Å². The summed E-state index contributed by atoms with van der Waals surface area (Å²) in [5.41, 5.74) is -0.333. The van der Waals surface area contributed by atoms with Crippen LogP contribution in [0, 0.1) is 0 Å². The molecule has 24 heavy (non-hydrogen) atoms. The van der Waals surface area contributed by atoms with Crippen LogP contribution in [-0.2, 0) is 18.7 Å². The molecular formula is C14H18Cl2NO6P. The Labute approximate surface area is 150 Å². The average Bonchev–Trinajstić information content (AvgIpc) is 2.51. The van der Waals surface area contributed by atoms with E-state index in [0.29, 0.717) is 11.4 Å². The summed E-state index contributed by atoms with van der Waals surface area (Å²) < 4.78 is 22.0. The number of halogens is 2. The second kappa shape index (κ2) is 9.39. The number of benzene rings is 1. The molecule has 0 aliphatic carbocycles. The maximum Gasteiger partial charge on any atom is 0.376 e. The normalized spacial score (nSPS) is 15.5. The van der Waals surface area contributed by atoms with Gasteiger partial charge in [0.1, 0.15) is 5.75 Å². The van der Waals surface area contributed by atoms with E-state index >= 15 is 0 Å². The predicted molar refractivity (Wildman–Crippen MR) is 91.8 cm³/mol. The van der Waals surface area contributed by atoms with E-state index in [1.165, 1.54) is 19.1 Å². The Morgan fingerprint density at radius 1 is 1.42 bits per heavy atom. The Morgan fingerprint density at radius 2 is 2.08 bits per heavy atom. The van der Waals surface area contributed by atoms with Crippen LogP contribution in [0.25, 0.3) is 0 Å². The number of ether oxygens (including phenoxy) is 1. The summed E-state index contributed by atoms with van der Waals surface area (Å²) in [4.78, 5) is 25.8. The van der Waals surface area contributed by atoms with Crippen molar-refractivity contribution in [1.82, 2.24) is 0 Å². The van der Waals surface area contributed by atoms with Crippen LogP contribution in [0.3, 0.4) is 0 Å². The van der Waals surface area contributed by atoms with E-state index in [9.17, 15) is 14.3 Å². The monoisotopic (exact) mass is 397 g/mol. The summed E-state index contributed by atoms with van der Waals surface area (Å²) in [5.74, 6) is -0.629. The molecule has 1 N–H and O–H groups in total. The SMILES string of the molecule is CCC(C)OP(=O)(O)C(C)=NOC(=O)COc1ccc(Cl)cc1Cl. The van der Waals surface area contributed by atoms with Crippen LogP contribution in [0.1, 0.15) is 27.2 Å². The lowest BCUT2D eigenvalue weighted by atomic mass is 10.3. The highest BCUT2D eigenvalue weighted by Crippen LogP contribution is 2.45. The molecule has 0 aliphatic heterocycles. The third-order valence-electron chi connectivity index (χ3n) is 2.83. The first kappa shape index (κ1) is 20.9. The zero-order chi connectivity index (χ0) is 18.3. The molecule has 0 amide bonds. The summed E-state index contributed by atoms with van der Waals surface area (Å²) in [6, 6.07) is 4.50. The van der Waals surface area contributed by atoms with Crippen LogP contribution in [0.15, 0.2) is 23.4 Å². The molecule has 1 aromatic rings. The molecule has 1 aromatic carbocycles. The van der Waals surface area contributed by atoms with E-state index in [1.54, 1.807) is 19.9 Å². The molecule has 2 atom stereocenters. The molecule has 0 heterocycles. The molecule has 10 heteroatoms. The smallest absolute Gasteiger partial charge is 0.376 e. The minimum absolute atomic E-state index is 0.233. The number of hydrogen-bond donors (Lipinski definition) is 1. The van der Waals surface area contributed by atoms with Crippen molar-refractivity contribution >= 4 is 42.2 Å². The lowest BCUT2D eigenvalue weighted by Gasteiger charge is -2.15. The van der Waals surface area contributed by atoms with Crippen LogP contribution >= 0.6 is 30.8 Å². The van der Waals surface area contributed by atoms with Gasteiger partial charge in [-0.15, -0.1) is 0 Å². The lowest BCUT2D eigenvalue weighted by molar-refractivity contribution is -0.145. The highest BCUT2D eigenvalue weighted by atomic mass is 35.5.